The molecule has 1 amide bonds. The molecule has 4 nitrogen and oxygen atoms in total. The van der Waals surface area contributed by atoms with Gasteiger partial charge in [-0.1, -0.05) is 6.92 Å². The van der Waals surface area contributed by atoms with E-state index < -0.39 is 0 Å². The van der Waals surface area contributed by atoms with Gasteiger partial charge in [0.05, 0.1) is 6.10 Å². The molecule has 0 spiro atoms. The molecule has 0 aromatic rings. The minimum absolute atomic E-state index is 0.109. The van der Waals surface area contributed by atoms with Gasteiger partial charge < -0.3 is 15.4 Å². The van der Waals surface area contributed by atoms with E-state index in [1.54, 1.807) is 0 Å². The summed E-state index contributed by atoms with van der Waals surface area (Å²) in [7, 11) is 0. The number of ether oxygens (including phenoxy) is 1. The fourth-order valence-corrected chi connectivity index (χ4v) is 2.49. The molecule has 1 aliphatic carbocycles. The molecule has 1 saturated carbocycles. The predicted octanol–water partition coefficient (Wildman–Crippen LogP) is 1.92. The van der Waals surface area contributed by atoms with E-state index in [9.17, 15) is 4.79 Å². The largest absolute Gasteiger partial charge is 0.369 e. The second kappa shape index (κ2) is 7.74. The average molecular weight is 256 g/mol. The van der Waals surface area contributed by atoms with E-state index in [-0.39, 0.29) is 18.6 Å². The van der Waals surface area contributed by atoms with E-state index in [1.807, 2.05) is 18.7 Å². The Balaban J connectivity index is 2.49. The third-order valence-corrected chi connectivity index (χ3v) is 3.51. The second-order valence-corrected chi connectivity index (χ2v) is 5.52. The highest BCUT2D eigenvalue weighted by molar-refractivity contribution is 5.77. The number of carbonyl (C=O) groups is 1. The van der Waals surface area contributed by atoms with E-state index >= 15 is 0 Å². The van der Waals surface area contributed by atoms with Gasteiger partial charge in [-0.05, 0) is 46.0 Å². The van der Waals surface area contributed by atoms with Crippen molar-refractivity contribution in [2.24, 2.45) is 5.73 Å². The Kier molecular flexibility index (Phi) is 6.65. The van der Waals surface area contributed by atoms with E-state index in [0.717, 1.165) is 38.6 Å². The van der Waals surface area contributed by atoms with Gasteiger partial charge in [-0.2, -0.15) is 0 Å². The molecule has 0 atom stereocenters. The summed E-state index contributed by atoms with van der Waals surface area (Å²) >= 11 is 0. The van der Waals surface area contributed by atoms with Crippen LogP contribution in [-0.4, -0.2) is 42.1 Å². The molecule has 0 bridgehead atoms. The highest BCUT2D eigenvalue weighted by atomic mass is 16.5. The molecule has 1 fully saturated rings. The molecule has 0 aromatic heterocycles. The van der Waals surface area contributed by atoms with Crippen molar-refractivity contribution in [3.63, 3.8) is 0 Å². The first-order valence-electron chi connectivity index (χ1n) is 7.21. The molecule has 0 unspecified atom stereocenters. The summed E-state index contributed by atoms with van der Waals surface area (Å²) in [6.07, 6.45) is 5.24. The summed E-state index contributed by atoms with van der Waals surface area (Å²) in [5.41, 5.74) is 5.92. The summed E-state index contributed by atoms with van der Waals surface area (Å²) < 4.78 is 5.43. The van der Waals surface area contributed by atoms with Gasteiger partial charge in [0.15, 0.2) is 0 Å². The number of nitrogens with zero attached hydrogens (tertiary/aromatic N) is 1. The van der Waals surface area contributed by atoms with Crippen LogP contribution in [-0.2, 0) is 9.53 Å². The molecule has 0 aliphatic heterocycles. The van der Waals surface area contributed by atoms with Crippen molar-refractivity contribution >= 4 is 5.91 Å². The molecule has 106 valence electrons. The summed E-state index contributed by atoms with van der Waals surface area (Å²) in [4.78, 5) is 14.2. The van der Waals surface area contributed by atoms with Gasteiger partial charge in [-0.15, -0.1) is 0 Å². The van der Waals surface area contributed by atoms with Crippen molar-refractivity contribution in [3.8, 4) is 0 Å². The lowest BCUT2D eigenvalue weighted by Gasteiger charge is -2.36. The number of hydrogen-bond donors (Lipinski definition) is 1. The Morgan fingerprint density at radius 2 is 1.94 bits per heavy atom. The Hall–Kier alpha value is -0.610. The SMILES string of the molecule is CCCN(C(=O)COC(C)C)C1CCC(N)CC1. The molecule has 0 radical (unpaired) electrons. The molecule has 1 rings (SSSR count). The monoisotopic (exact) mass is 256 g/mol. The molecule has 0 saturated heterocycles. The maximum Gasteiger partial charge on any atom is 0.248 e. The normalized spacial score (nSPS) is 24.3. The first-order chi connectivity index (χ1) is 8.54. The van der Waals surface area contributed by atoms with Crippen LogP contribution in [0.15, 0.2) is 0 Å². The number of hydrogen-bond acceptors (Lipinski definition) is 3. The van der Waals surface area contributed by atoms with Crippen LogP contribution < -0.4 is 5.73 Å². The first kappa shape index (κ1) is 15.4. The predicted molar refractivity (Wildman–Crippen MR) is 73.3 cm³/mol. The van der Waals surface area contributed by atoms with Crippen LogP contribution in [0.3, 0.4) is 0 Å². The minimum Gasteiger partial charge on any atom is -0.369 e. The van der Waals surface area contributed by atoms with Gasteiger partial charge in [-0.25, -0.2) is 0 Å². The van der Waals surface area contributed by atoms with Crippen LogP contribution in [0, 0.1) is 0 Å². The van der Waals surface area contributed by atoms with Gasteiger partial charge in [0.1, 0.15) is 6.61 Å². The standard InChI is InChI=1S/C14H28N2O2/c1-4-9-16(14(17)10-18-11(2)3)13-7-5-12(15)6-8-13/h11-13H,4-10,15H2,1-3H3. The van der Waals surface area contributed by atoms with Crippen molar-refractivity contribution in [2.45, 2.75) is 71.1 Å². The molecule has 2 N–H and O–H groups in total. The van der Waals surface area contributed by atoms with E-state index in [2.05, 4.69) is 6.92 Å². The Bertz CT molecular complexity index is 248. The van der Waals surface area contributed by atoms with Gasteiger partial charge in [0.25, 0.3) is 0 Å². The Morgan fingerprint density at radius 3 is 2.44 bits per heavy atom. The van der Waals surface area contributed by atoms with Crippen molar-refractivity contribution in [1.29, 1.82) is 0 Å². The lowest BCUT2D eigenvalue weighted by atomic mass is 9.90. The quantitative estimate of drug-likeness (QED) is 0.790. The molecular weight excluding hydrogens is 228 g/mol. The van der Waals surface area contributed by atoms with E-state index in [0.29, 0.717) is 12.1 Å². The fraction of sp³-hybridized carbons (Fsp3) is 0.929. The van der Waals surface area contributed by atoms with Crippen molar-refractivity contribution in [1.82, 2.24) is 4.90 Å². The third-order valence-electron chi connectivity index (χ3n) is 3.51. The maximum absolute atomic E-state index is 12.2. The zero-order chi connectivity index (χ0) is 13.5. The number of nitrogens with two attached hydrogens (primary N) is 1. The lowest BCUT2D eigenvalue weighted by molar-refractivity contribution is -0.140. The zero-order valence-electron chi connectivity index (χ0n) is 12.0. The fourth-order valence-electron chi connectivity index (χ4n) is 2.49. The van der Waals surface area contributed by atoms with Gasteiger partial charge in [0, 0.05) is 18.6 Å². The Morgan fingerprint density at radius 1 is 1.33 bits per heavy atom. The van der Waals surface area contributed by atoms with E-state index in [1.165, 1.54) is 0 Å². The minimum atomic E-state index is 0.109. The molecule has 18 heavy (non-hydrogen) atoms. The number of rotatable bonds is 6. The first-order valence-corrected chi connectivity index (χ1v) is 7.21. The average Bonchev–Trinajstić information content (AvgIpc) is 2.34. The van der Waals surface area contributed by atoms with Crippen LogP contribution in [0.25, 0.3) is 0 Å². The molecule has 4 heteroatoms. The smallest absolute Gasteiger partial charge is 0.248 e. The molecule has 1 aliphatic rings. The summed E-state index contributed by atoms with van der Waals surface area (Å²) in [5.74, 6) is 0.131. The highest BCUT2D eigenvalue weighted by Crippen LogP contribution is 2.22. The van der Waals surface area contributed by atoms with Crippen molar-refractivity contribution in [3.05, 3.63) is 0 Å². The summed E-state index contributed by atoms with van der Waals surface area (Å²) in [5, 5.41) is 0. The Labute approximate surface area is 111 Å². The van der Waals surface area contributed by atoms with Crippen LogP contribution in [0.2, 0.25) is 0 Å². The summed E-state index contributed by atoms with van der Waals surface area (Å²) in [6.45, 7) is 7.06. The third kappa shape index (κ3) is 4.94. The topological polar surface area (TPSA) is 55.6 Å². The van der Waals surface area contributed by atoms with Gasteiger partial charge in [-0.3, -0.25) is 4.79 Å². The van der Waals surface area contributed by atoms with Crippen LogP contribution in [0.4, 0.5) is 0 Å². The molecule has 0 heterocycles. The number of amides is 1. The number of carbonyl (C=O) groups excluding carboxylic acids is 1. The zero-order valence-corrected chi connectivity index (χ0v) is 12.0. The van der Waals surface area contributed by atoms with Crippen molar-refractivity contribution < 1.29 is 9.53 Å². The van der Waals surface area contributed by atoms with Crippen LogP contribution in [0.1, 0.15) is 52.9 Å². The van der Waals surface area contributed by atoms with Gasteiger partial charge in [0.2, 0.25) is 5.91 Å². The maximum atomic E-state index is 12.2. The van der Waals surface area contributed by atoms with Crippen LogP contribution in [0.5, 0.6) is 0 Å². The highest BCUT2D eigenvalue weighted by Gasteiger charge is 2.27. The molecular formula is C14H28N2O2. The van der Waals surface area contributed by atoms with Crippen LogP contribution >= 0.6 is 0 Å². The second-order valence-electron chi connectivity index (χ2n) is 5.52. The van der Waals surface area contributed by atoms with E-state index in [4.69, 9.17) is 10.5 Å². The van der Waals surface area contributed by atoms with Crippen molar-refractivity contribution in [2.75, 3.05) is 13.2 Å². The molecule has 0 aromatic carbocycles. The van der Waals surface area contributed by atoms with Gasteiger partial charge >= 0.3 is 0 Å². The summed E-state index contributed by atoms with van der Waals surface area (Å²) in [6, 6.07) is 0.694. The lowest BCUT2D eigenvalue weighted by Crippen LogP contribution is -2.46.